The molecule has 1 aliphatic heterocycles. The number of hydrogen-bond donors (Lipinski definition) is 2. The molecule has 1 aromatic carbocycles. The summed E-state index contributed by atoms with van der Waals surface area (Å²) in [6.45, 7) is 10.6. The molecule has 7 heteroatoms. The molecule has 3 N–H and O–H groups in total. The molecular formula is C24H34N4O3. The van der Waals surface area contributed by atoms with Gasteiger partial charge in [-0.15, -0.1) is 0 Å². The highest BCUT2D eigenvalue weighted by Gasteiger charge is 2.24. The van der Waals surface area contributed by atoms with Gasteiger partial charge in [0.1, 0.15) is 17.3 Å². The number of nitrogens with zero attached hydrogens (tertiary/aromatic N) is 2. The Bertz CT molecular complexity index is 851. The van der Waals surface area contributed by atoms with E-state index >= 15 is 0 Å². The molecule has 1 aromatic heterocycles. The zero-order valence-corrected chi connectivity index (χ0v) is 18.9. The minimum Gasteiger partial charge on any atom is -0.491 e. The van der Waals surface area contributed by atoms with Crippen molar-refractivity contribution in [2.45, 2.75) is 65.3 Å². The van der Waals surface area contributed by atoms with E-state index in [1.54, 1.807) is 18.3 Å². The summed E-state index contributed by atoms with van der Waals surface area (Å²) < 4.78 is 12.0. The first-order valence-electron chi connectivity index (χ1n) is 11.0. The molecular weight excluding hydrogens is 392 g/mol. The van der Waals surface area contributed by atoms with Crippen LogP contribution in [-0.2, 0) is 6.54 Å². The number of nitrogens with one attached hydrogen (secondary N) is 1. The maximum atomic E-state index is 11.7. The lowest BCUT2D eigenvalue weighted by Crippen LogP contribution is -2.43. The SMILES string of the molecule is CC(C)Oc1cc(CN(c2cc(C(N)=O)ccn2)C2CCNCC2)cc(OC(C)C)c1. The number of piperidine rings is 1. The summed E-state index contributed by atoms with van der Waals surface area (Å²) in [4.78, 5) is 18.6. The highest BCUT2D eigenvalue weighted by molar-refractivity contribution is 5.93. The molecule has 0 atom stereocenters. The van der Waals surface area contributed by atoms with E-state index in [4.69, 9.17) is 15.2 Å². The van der Waals surface area contributed by atoms with Gasteiger partial charge in [0.15, 0.2) is 0 Å². The number of carbonyl (C=O) groups is 1. The van der Waals surface area contributed by atoms with Gasteiger partial charge in [-0.25, -0.2) is 4.98 Å². The largest absolute Gasteiger partial charge is 0.491 e. The summed E-state index contributed by atoms with van der Waals surface area (Å²) in [6.07, 6.45) is 3.78. The fraction of sp³-hybridized carbons (Fsp3) is 0.500. The molecule has 7 nitrogen and oxygen atoms in total. The van der Waals surface area contributed by atoms with Crippen LogP contribution in [0.3, 0.4) is 0 Å². The second-order valence-corrected chi connectivity index (χ2v) is 8.52. The van der Waals surface area contributed by atoms with E-state index in [9.17, 15) is 4.79 Å². The molecule has 1 saturated heterocycles. The molecule has 2 aromatic rings. The van der Waals surface area contributed by atoms with Crippen molar-refractivity contribution >= 4 is 11.7 Å². The van der Waals surface area contributed by atoms with Gasteiger partial charge in [-0.05, 0) is 83.5 Å². The van der Waals surface area contributed by atoms with E-state index < -0.39 is 5.91 Å². The highest BCUT2D eigenvalue weighted by Crippen LogP contribution is 2.29. The van der Waals surface area contributed by atoms with Gasteiger partial charge in [-0.1, -0.05) is 0 Å². The van der Waals surface area contributed by atoms with Crippen LogP contribution in [0.15, 0.2) is 36.5 Å². The van der Waals surface area contributed by atoms with Crippen LogP contribution in [-0.4, -0.2) is 42.2 Å². The number of amides is 1. The molecule has 2 heterocycles. The number of nitrogens with two attached hydrogens (primary N) is 1. The molecule has 0 aliphatic carbocycles. The molecule has 168 valence electrons. The number of hydrogen-bond acceptors (Lipinski definition) is 6. The Hall–Kier alpha value is -2.80. The Morgan fingerprint density at radius 3 is 2.26 bits per heavy atom. The third kappa shape index (κ3) is 6.59. The first kappa shape index (κ1) is 22.9. The summed E-state index contributed by atoms with van der Waals surface area (Å²) >= 11 is 0. The standard InChI is InChI=1S/C24H34N4O3/c1-16(2)30-21-11-18(12-22(14-21)31-17(3)4)15-28(20-6-8-26-9-7-20)23-13-19(24(25)29)5-10-27-23/h5,10-14,16-17,20,26H,6-9,15H2,1-4H3,(H2,25,29). The number of primary amides is 1. The predicted molar refractivity (Wildman–Crippen MR) is 123 cm³/mol. The fourth-order valence-electron chi connectivity index (χ4n) is 3.84. The summed E-state index contributed by atoms with van der Waals surface area (Å²) in [5.74, 6) is 1.87. The molecule has 1 amide bonds. The number of anilines is 1. The number of rotatable bonds is 9. The molecule has 1 aliphatic rings. The highest BCUT2D eigenvalue weighted by atomic mass is 16.5. The van der Waals surface area contributed by atoms with E-state index in [2.05, 4.69) is 27.3 Å². The van der Waals surface area contributed by atoms with Crippen LogP contribution < -0.4 is 25.4 Å². The lowest BCUT2D eigenvalue weighted by molar-refractivity contribution is 0.1000. The predicted octanol–water partition coefficient (Wildman–Crippen LogP) is 3.51. The second-order valence-electron chi connectivity index (χ2n) is 8.52. The molecule has 0 radical (unpaired) electrons. The Balaban J connectivity index is 1.96. The molecule has 3 rings (SSSR count). The molecule has 0 spiro atoms. The van der Waals surface area contributed by atoms with Crippen molar-refractivity contribution in [3.8, 4) is 11.5 Å². The Morgan fingerprint density at radius 1 is 1.10 bits per heavy atom. The minimum absolute atomic E-state index is 0.0663. The molecule has 0 bridgehead atoms. The van der Waals surface area contributed by atoms with E-state index in [1.807, 2.05) is 33.8 Å². The van der Waals surface area contributed by atoms with Crippen LogP contribution >= 0.6 is 0 Å². The fourth-order valence-corrected chi connectivity index (χ4v) is 3.84. The number of ether oxygens (including phenoxy) is 2. The Labute approximate surface area is 184 Å². The number of aromatic nitrogens is 1. The van der Waals surface area contributed by atoms with Gasteiger partial charge in [-0.2, -0.15) is 0 Å². The number of carbonyl (C=O) groups excluding carboxylic acids is 1. The van der Waals surface area contributed by atoms with Crippen molar-refractivity contribution in [2.24, 2.45) is 5.73 Å². The normalized spacial score (nSPS) is 14.6. The van der Waals surface area contributed by atoms with Crippen molar-refractivity contribution in [3.05, 3.63) is 47.7 Å². The van der Waals surface area contributed by atoms with Crippen LogP contribution in [0.25, 0.3) is 0 Å². The van der Waals surface area contributed by atoms with E-state index in [1.165, 1.54) is 0 Å². The molecule has 31 heavy (non-hydrogen) atoms. The Morgan fingerprint density at radius 2 is 1.71 bits per heavy atom. The summed E-state index contributed by atoms with van der Waals surface area (Å²) in [5.41, 5.74) is 7.05. The smallest absolute Gasteiger partial charge is 0.248 e. The van der Waals surface area contributed by atoms with E-state index in [0.717, 1.165) is 48.8 Å². The summed E-state index contributed by atoms with van der Waals surface area (Å²) in [7, 11) is 0. The average molecular weight is 427 g/mol. The van der Waals surface area contributed by atoms with Crippen LogP contribution in [0.2, 0.25) is 0 Å². The maximum Gasteiger partial charge on any atom is 0.248 e. The first-order chi connectivity index (χ1) is 14.8. The van der Waals surface area contributed by atoms with Crippen LogP contribution in [0.4, 0.5) is 5.82 Å². The van der Waals surface area contributed by atoms with Gasteiger partial charge < -0.3 is 25.4 Å². The first-order valence-corrected chi connectivity index (χ1v) is 11.0. The third-order valence-corrected chi connectivity index (χ3v) is 5.11. The summed E-state index contributed by atoms with van der Waals surface area (Å²) in [5, 5.41) is 3.41. The van der Waals surface area contributed by atoms with Crippen molar-refractivity contribution in [1.29, 1.82) is 0 Å². The minimum atomic E-state index is -0.450. The van der Waals surface area contributed by atoms with Gasteiger partial charge in [0.05, 0.1) is 12.2 Å². The molecule has 1 fully saturated rings. The van der Waals surface area contributed by atoms with Crippen molar-refractivity contribution < 1.29 is 14.3 Å². The van der Waals surface area contributed by atoms with Gasteiger partial charge in [-0.3, -0.25) is 4.79 Å². The van der Waals surface area contributed by atoms with Gasteiger partial charge in [0.2, 0.25) is 5.91 Å². The zero-order chi connectivity index (χ0) is 22.4. The lowest BCUT2D eigenvalue weighted by Gasteiger charge is -2.36. The maximum absolute atomic E-state index is 11.7. The van der Waals surface area contributed by atoms with E-state index in [-0.39, 0.29) is 12.2 Å². The van der Waals surface area contributed by atoms with Crippen molar-refractivity contribution in [2.75, 3.05) is 18.0 Å². The lowest BCUT2D eigenvalue weighted by atomic mass is 10.0. The topological polar surface area (TPSA) is 89.7 Å². The molecule has 0 unspecified atom stereocenters. The number of pyridine rings is 1. The van der Waals surface area contributed by atoms with Gasteiger partial charge >= 0.3 is 0 Å². The van der Waals surface area contributed by atoms with Crippen molar-refractivity contribution in [1.82, 2.24) is 10.3 Å². The molecule has 0 saturated carbocycles. The van der Waals surface area contributed by atoms with Gasteiger partial charge in [0.25, 0.3) is 0 Å². The quantitative estimate of drug-likeness (QED) is 0.638. The third-order valence-electron chi connectivity index (χ3n) is 5.11. The second kappa shape index (κ2) is 10.5. The summed E-state index contributed by atoms with van der Waals surface area (Å²) in [6, 6.07) is 9.78. The zero-order valence-electron chi connectivity index (χ0n) is 18.9. The van der Waals surface area contributed by atoms with Crippen molar-refractivity contribution in [3.63, 3.8) is 0 Å². The monoisotopic (exact) mass is 426 g/mol. The number of benzene rings is 1. The van der Waals surface area contributed by atoms with Gasteiger partial charge in [0, 0.05) is 30.4 Å². The van der Waals surface area contributed by atoms with Crippen LogP contribution in [0.5, 0.6) is 11.5 Å². The average Bonchev–Trinajstić information content (AvgIpc) is 2.71. The van der Waals surface area contributed by atoms with Crippen LogP contribution in [0, 0.1) is 0 Å². The van der Waals surface area contributed by atoms with E-state index in [0.29, 0.717) is 18.2 Å². The van der Waals surface area contributed by atoms with Crippen LogP contribution in [0.1, 0.15) is 56.5 Å². The Kier molecular flexibility index (Phi) is 7.74.